The zero-order valence-electron chi connectivity index (χ0n) is 13.9. The van der Waals surface area contributed by atoms with Crippen molar-refractivity contribution >= 4 is 21.8 Å². The number of anilines is 1. The number of carbonyl (C=O) groups is 1. The van der Waals surface area contributed by atoms with Gasteiger partial charge in [-0.2, -0.15) is 0 Å². The van der Waals surface area contributed by atoms with Gasteiger partial charge in [-0.05, 0) is 41.8 Å². The lowest BCUT2D eigenvalue weighted by Crippen LogP contribution is -2.23. The summed E-state index contributed by atoms with van der Waals surface area (Å²) in [7, 11) is -3.62. The van der Waals surface area contributed by atoms with Crippen LogP contribution in [0.15, 0.2) is 53.4 Å². The van der Waals surface area contributed by atoms with E-state index in [2.05, 4.69) is 4.72 Å². The molecule has 132 valence electrons. The monoisotopic (exact) mass is 360 g/mol. The number of aryl methyl sites for hydroxylation is 1. The molecule has 1 heterocycles. The summed E-state index contributed by atoms with van der Waals surface area (Å²) in [5.41, 5.74) is 2.48. The number of ether oxygens (including phenoxy) is 1. The molecular weight excluding hydrogens is 340 g/mol. The van der Waals surface area contributed by atoms with Gasteiger partial charge in [0.05, 0.1) is 11.4 Å². The molecule has 2 aromatic rings. The quantitative estimate of drug-likeness (QED) is 0.859. The van der Waals surface area contributed by atoms with Gasteiger partial charge in [-0.15, -0.1) is 0 Å². The summed E-state index contributed by atoms with van der Waals surface area (Å²) >= 11 is 0. The summed E-state index contributed by atoms with van der Waals surface area (Å²) in [5, 5.41) is 0. The van der Waals surface area contributed by atoms with Gasteiger partial charge in [0.25, 0.3) is 10.0 Å². The molecule has 0 spiro atoms. The van der Waals surface area contributed by atoms with Crippen LogP contribution >= 0.6 is 0 Å². The highest BCUT2D eigenvalue weighted by molar-refractivity contribution is 7.92. The highest BCUT2D eigenvalue weighted by atomic mass is 32.2. The van der Waals surface area contributed by atoms with Gasteiger partial charge in [0.2, 0.25) is 0 Å². The molecular formula is C18H20N2O4S. The Balaban J connectivity index is 1.68. The largest absolute Gasteiger partial charge is 0.448 e. The fourth-order valence-corrected chi connectivity index (χ4v) is 3.64. The maximum Gasteiger partial charge on any atom is 0.410 e. The molecule has 1 fully saturated rings. The number of hydrogen-bond acceptors (Lipinski definition) is 4. The van der Waals surface area contributed by atoms with Gasteiger partial charge in [-0.3, -0.25) is 4.72 Å². The van der Waals surface area contributed by atoms with E-state index in [0.717, 1.165) is 17.5 Å². The van der Waals surface area contributed by atoms with Gasteiger partial charge in [-0.25, -0.2) is 13.2 Å². The SMILES string of the molecule is CCc1ccc(S(=O)(=O)Nc2ccc(CN3CCOC3=O)cc2)cc1. The number of amides is 1. The first-order valence-electron chi connectivity index (χ1n) is 8.10. The Morgan fingerprint density at radius 3 is 2.24 bits per heavy atom. The first kappa shape index (κ1) is 17.3. The van der Waals surface area contributed by atoms with Crippen LogP contribution in [0, 0.1) is 0 Å². The van der Waals surface area contributed by atoms with Crippen LogP contribution < -0.4 is 4.72 Å². The summed E-state index contributed by atoms with van der Waals surface area (Å²) in [4.78, 5) is 13.3. The summed E-state index contributed by atoms with van der Waals surface area (Å²) in [6.07, 6.45) is 0.542. The number of rotatable bonds is 6. The van der Waals surface area contributed by atoms with Crippen molar-refractivity contribution in [3.8, 4) is 0 Å². The average Bonchev–Trinajstić information content (AvgIpc) is 3.01. The molecule has 1 saturated heterocycles. The second-order valence-corrected chi connectivity index (χ2v) is 7.52. The highest BCUT2D eigenvalue weighted by Gasteiger charge is 2.21. The standard InChI is InChI=1S/C18H20N2O4S/c1-2-14-5-9-17(10-6-14)25(22,23)19-16-7-3-15(4-8-16)13-20-11-12-24-18(20)21/h3-10,19H,2,11-13H2,1H3. The van der Waals surface area contributed by atoms with Crippen LogP contribution in [-0.4, -0.2) is 32.6 Å². The minimum Gasteiger partial charge on any atom is -0.448 e. The van der Waals surface area contributed by atoms with Gasteiger partial charge in [0, 0.05) is 12.2 Å². The average molecular weight is 360 g/mol. The molecule has 0 bridgehead atoms. The predicted molar refractivity (Wildman–Crippen MR) is 94.8 cm³/mol. The Labute approximate surface area is 147 Å². The van der Waals surface area contributed by atoms with Crippen LogP contribution in [0.5, 0.6) is 0 Å². The van der Waals surface area contributed by atoms with Crippen molar-refractivity contribution in [3.63, 3.8) is 0 Å². The van der Waals surface area contributed by atoms with Crippen molar-refractivity contribution in [1.82, 2.24) is 4.90 Å². The number of hydrogen-bond donors (Lipinski definition) is 1. The minimum absolute atomic E-state index is 0.230. The Morgan fingerprint density at radius 1 is 1.04 bits per heavy atom. The highest BCUT2D eigenvalue weighted by Crippen LogP contribution is 2.18. The molecule has 6 nitrogen and oxygen atoms in total. The van der Waals surface area contributed by atoms with Gasteiger partial charge in [-0.1, -0.05) is 31.2 Å². The van der Waals surface area contributed by atoms with E-state index in [4.69, 9.17) is 4.74 Å². The molecule has 0 radical (unpaired) electrons. The van der Waals surface area contributed by atoms with E-state index in [9.17, 15) is 13.2 Å². The Morgan fingerprint density at radius 2 is 1.68 bits per heavy atom. The fourth-order valence-electron chi connectivity index (χ4n) is 2.59. The number of carbonyl (C=O) groups excluding carboxylic acids is 1. The maximum absolute atomic E-state index is 12.4. The number of benzene rings is 2. The smallest absolute Gasteiger partial charge is 0.410 e. The van der Waals surface area contributed by atoms with Crippen molar-refractivity contribution in [2.45, 2.75) is 24.8 Å². The summed E-state index contributed by atoms with van der Waals surface area (Å²) in [5.74, 6) is 0. The third-order valence-electron chi connectivity index (χ3n) is 4.07. The minimum atomic E-state index is -3.62. The fraction of sp³-hybridized carbons (Fsp3) is 0.278. The van der Waals surface area contributed by atoms with Crippen LogP contribution in [-0.2, 0) is 27.7 Å². The number of nitrogens with one attached hydrogen (secondary N) is 1. The van der Waals surface area contributed by atoms with E-state index in [-0.39, 0.29) is 11.0 Å². The van der Waals surface area contributed by atoms with Gasteiger partial charge in [0.15, 0.2) is 0 Å². The molecule has 2 aromatic carbocycles. The van der Waals surface area contributed by atoms with E-state index >= 15 is 0 Å². The first-order chi connectivity index (χ1) is 12.0. The molecule has 0 aromatic heterocycles. The normalized spacial score (nSPS) is 14.4. The zero-order chi connectivity index (χ0) is 17.9. The molecule has 7 heteroatoms. The van der Waals surface area contributed by atoms with Crippen LogP contribution in [0.25, 0.3) is 0 Å². The molecule has 25 heavy (non-hydrogen) atoms. The zero-order valence-corrected chi connectivity index (χ0v) is 14.8. The second-order valence-electron chi connectivity index (χ2n) is 5.84. The van der Waals surface area contributed by atoms with Crippen LogP contribution in [0.3, 0.4) is 0 Å². The number of nitrogens with zero attached hydrogens (tertiary/aromatic N) is 1. The van der Waals surface area contributed by atoms with Crippen molar-refractivity contribution in [1.29, 1.82) is 0 Å². The molecule has 0 unspecified atom stereocenters. The van der Waals surface area contributed by atoms with Crippen LogP contribution in [0.1, 0.15) is 18.1 Å². The van der Waals surface area contributed by atoms with E-state index in [0.29, 0.717) is 25.4 Å². The lowest BCUT2D eigenvalue weighted by atomic mass is 10.2. The maximum atomic E-state index is 12.4. The lowest BCUT2D eigenvalue weighted by molar-refractivity contribution is 0.157. The van der Waals surface area contributed by atoms with Crippen molar-refractivity contribution in [2.24, 2.45) is 0 Å². The molecule has 1 aliphatic heterocycles. The van der Waals surface area contributed by atoms with Crippen LogP contribution in [0.2, 0.25) is 0 Å². The van der Waals surface area contributed by atoms with Crippen molar-refractivity contribution in [2.75, 3.05) is 17.9 Å². The number of cyclic esters (lactones) is 1. The predicted octanol–water partition coefficient (Wildman–Crippen LogP) is 3.00. The molecule has 1 N–H and O–H groups in total. The van der Waals surface area contributed by atoms with Crippen LogP contribution in [0.4, 0.5) is 10.5 Å². The molecule has 1 aliphatic rings. The Bertz CT molecular complexity index is 846. The van der Waals surface area contributed by atoms with Gasteiger partial charge < -0.3 is 9.64 Å². The Hall–Kier alpha value is -2.54. The van der Waals surface area contributed by atoms with Crippen molar-refractivity contribution in [3.05, 3.63) is 59.7 Å². The van der Waals surface area contributed by atoms with Crippen molar-refractivity contribution < 1.29 is 17.9 Å². The molecule has 3 rings (SSSR count). The van der Waals surface area contributed by atoms with E-state index in [1.54, 1.807) is 41.3 Å². The Kier molecular flexibility index (Phi) is 4.94. The molecule has 0 atom stereocenters. The summed E-state index contributed by atoms with van der Waals surface area (Å²) < 4.78 is 32.3. The third-order valence-corrected chi connectivity index (χ3v) is 5.46. The first-order valence-corrected chi connectivity index (χ1v) is 9.58. The molecule has 0 aliphatic carbocycles. The lowest BCUT2D eigenvalue weighted by Gasteiger charge is -2.13. The van der Waals surface area contributed by atoms with Gasteiger partial charge >= 0.3 is 6.09 Å². The topological polar surface area (TPSA) is 75.7 Å². The molecule has 1 amide bonds. The summed E-state index contributed by atoms with van der Waals surface area (Å²) in [6.45, 7) is 3.45. The van der Waals surface area contributed by atoms with E-state index in [1.807, 2.05) is 19.1 Å². The number of sulfonamides is 1. The van der Waals surface area contributed by atoms with E-state index in [1.165, 1.54) is 0 Å². The van der Waals surface area contributed by atoms with Gasteiger partial charge in [0.1, 0.15) is 6.61 Å². The second kappa shape index (κ2) is 7.14. The molecule has 0 saturated carbocycles. The third kappa shape index (κ3) is 4.11. The summed E-state index contributed by atoms with van der Waals surface area (Å²) in [6, 6.07) is 13.8. The van der Waals surface area contributed by atoms with E-state index < -0.39 is 10.0 Å².